The molecule has 89 heavy (non-hydrogen) atoms. The third-order valence-electron chi connectivity index (χ3n) is 15.7. The van der Waals surface area contributed by atoms with Crippen LogP contribution in [0.2, 0.25) is 0 Å². The Kier molecular flexibility index (Phi) is 24.7. The molecule has 0 radical (unpaired) electrons. The van der Waals surface area contributed by atoms with Crippen LogP contribution in [0.5, 0.6) is 17.2 Å². The smallest absolute Gasteiger partial charge is 0.251 e. The first kappa shape index (κ1) is 68.6. The van der Waals surface area contributed by atoms with Crippen LogP contribution >= 0.6 is 11.3 Å². The van der Waals surface area contributed by atoms with Crippen molar-refractivity contribution in [2.24, 2.45) is 11.7 Å². The Hall–Kier alpha value is -7.90. The predicted molar refractivity (Wildman–Crippen MR) is 319 cm³/mol. The molecule has 3 aliphatic rings. The second-order valence-corrected chi connectivity index (χ2v) is 23.5. The lowest BCUT2D eigenvalue weighted by atomic mass is 9.98. The molecule has 3 fully saturated rings. The maximum Gasteiger partial charge on any atom is 0.251 e. The number of aromatic nitrogens is 2. The zero-order valence-electron chi connectivity index (χ0n) is 50.1. The lowest BCUT2D eigenvalue weighted by molar-refractivity contribution is -0.147. The van der Waals surface area contributed by atoms with E-state index in [1.807, 2.05) is 24.3 Å². The average molecular weight is 1260 g/mol. The summed E-state index contributed by atoms with van der Waals surface area (Å²) >= 11 is 1.30. The van der Waals surface area contributed by atoms with Gasteiger partial charge in [-0.2, -0.15) is 0 Å². The number of nitrogens with one attached hydrogen (secondary N) is 5. The number of aliphatic hydroxyl groups is 6. The minimum absolute atomic E-state index is 0.0228. The number of methoxy groups -OCH3 is 3. The van der Waals surface area contributed by atoms with Gasteiger partial charge in [-0.1, -0.05) is 55.7 Å². The number of nitrogens with two attached hydrogens (primary N) is 1. The molecule has 13 N–H and O–H groups in total. The summed E-state index contributed by atoms with van der Waals surface area (Å²) in [4.78, 5) is 115. The SMILES string of the molecule is COCCCCCCCOc1ccc(-c2nnc(-c3ccc(C(=O)NC4CC(O)CNC(=O)C5C(O)C(C)CN5C(=O)C(C(O)CC(N)=O)NC(=O)C(C(O)Cc5ccc(OC)c(OC)c5)NC(=O)C5CC(O)CN5C(=O)C(C(C)O)NC4=O)cc3)s2)cc1. The van der Waals surface area contributed by atoms with Crippen molar-refractivity contribution in [3.05, 3.63) is 77.9 Å². The summed E-state index contributed by atoms with van der Waals surface area (Å²) in [5, 5.41) is 90.4. The molecular weight excluding hydrogens is 1180 g/mol. The fourth-order valence-electron chi connectivity index (χ4n) is 10.8. The molecule has 8 amide bonds. The van der Waals surface area contributed by atoms with Gasteiger partial charge in [0.15, 0.2) is 11.5 Å². The van der Waals surface area contributed by atoms with Crippen molar-refractivity contribution in [2.45, 2.75) is 145 Å². The van der Waals surface area contributed by atoms with Gasteiger partial charge in [-0.15, -0.1) is 10.2 Å². The number of carbonyl (C=O) groups excluding carboxylic acids is 8. The van der Waals surface area contributed by atoms with Gasteiger partial charge in [0, 0.05) is 75.2 Å². The predicted octanol–water partition coefficient (Wildman–Crippen LogP) is -1.31. The van der Waals surface area contributed by atoms with Crippen LogP contribution in [0.25, 0.3) is 21.1 Å². The number of carbonyl (C=O) groups is 8. The summed E-state index contributed by atoms with van der Waals surface area (Å²) in [6.45, 7) is 2.39. The van der Waals surface area contributed by atoms with Crippen LogP contribution in [-0.2, 0) is 44.7 Å². The maximum atomic E-state index is 14.7. The third kappa shape index (κ3) is 17.9. The number of benzene rings is 3. The fourth-order valence-corrected chi connectivity index (χ4v) is 11.7. The second-order valence-electron chi connectivity index (χ2n) is 22.5. The van der Waals surface area contributed by atoms with E-state index in [0.29, 0.717) is 33.5 Å². The van der Waals surface area contributed by atoms with Crippen molar-refractivity contribution in [2.75, 3.05) is 54.2 Å². The van der Waals surface area contributed by atoms with E-state index in [9.17, 15) is 69.0 Å². The molecule has 1 aromatic heterocycles. The van der Waals surface area contributed by atoms with Crippen LogP contribution in [0, 0.1) is 5.92 Å². The zero-order valence-corrected chi connectivity index (χ0v) is 50.9. The zero-order chi connectivity index (χ0) is 64.6. The van der Waals surface area contributed by atoms with E-state index in [0.717, 1.165) is 66.7 Å². The van der Waals surface area contributed by atoms with Crippen molar-refractivity contribution in [1.82, 2.24) is 46.6 Å². The largest absolute Gasteiger partial charge is 0.494 e. The van der Waals surface area contributed by atoms with E-state index in [1.165, 1.54) is 62.8 Å². The van der Waals surface area contributed by atoms with Gasteiger partial charge >= 0.3 is 0 Å². The monoisotopic (exact) mass is 1260 g/mol. The van der Waals surface area contributed by atoms with Crippen molar-refractivity contribution in [3.63, 3.8) is 0 Å². The van der Waals surface area contributed by atoms with Crippen molar-refractivity contribution in [3.8, 4) is 38.4 Å². The first-order valence-electron chi connectivity index (χ1n) is 29.4. The molecule has 4 aromatic rings. The Morgan fingerprint density at radius 2 is 1.30 bits per heavy atom. The molecule has 0 bridgehead atoms. The molecular formula is C60H80N10O18S. The van der Waals surface area contributed by atoms with Gasteiger partial charge in [0.25, 0.3) is 5.91 Å². The number of β-amino-alcohol motifs (C(OH)–C–C–N with tert-alkyl or cyclic N) is 1. The number of primary amides is 1. The average Bonchev–Trinajstić information content (AvgIpc) is 1.80. The number of aliphatic hydroxyl groups excluding tert-OH is 6. The molecule has 0 aliphatic carbocycles. The van der Waals surface area contributed by atoms with Crippen molar-refractivity contribution in [1.29, 1.82) is 0 Å². The standard InChI is InChI=1S/C60H80N10O18S/c1-31-29-70-50(51(31)77)56(82)62-28-37(72)25-40(63-52(78)34-12-14-35(15-13-34)57-67-68-58(89-57)36-16-18-39(19-17-36)88-22-10-8-6-7-9-21-85-3)53(79)64-47(32(2)71)59(83)69-30-38(73)26-41(69)54(80)65-48(55(81)66-49(60(70)84)43(75)27-46(61)76)42(74)23-33-11-20-44(86-4)45(24-33)87-5/h11-20,24,31-32,37-38,40-43,47-51,71-75,77H,6-10,21-23,25-30H2,1-5H3,(H2,61,76)(H,62,82)(H,63,78)(H,64,79)(H,65,80)(H,66,81). The Morgan fingerprint density at radius 3 is 1.93 bits per heavy atom. The molecule has 4 heterocycles. The van der Waals surface area contributed by atoms with E-state index in [4.69, 9.17) is 24.7 Å². The Labute approximate surface area is 517 Å². The minimum atomic E-state index is -2.15. The maximum absolute atomic E-state index is 14.7. The third-order valence-corrected chi connectivity index (χ3v) is 16.8. The summed E-state index contributed by atoms with van der Waals surface area (Å²) in [5.74, 6) is -8.61. The lowest BCUT2D eigenvalue weighted by Gasteiger charge is -2.33. The summed E-state index contributed by atoms with van der Waals surface area (Å²) in [5.41, 5.74) is 7.17. The topological polar surface area (TPSA) is 413 Å². The number of ether oxygens (including phenoxy) is 4. The highest BCUT2D eigenvalue weighted by atomic mass is 32.1. The first-order chi connectivity index (χ1) is 42.5. The number of amides is 8. The van der Waals surface area contributed by atoms with E-state index in [1.54, 1.807) is 19.2 Å². The van der Waals surface area contributed by atoms with Gasteiger partial charge in [0.1, 0.15) is 52.0 Å². The molecule has 28 nitrogen and oxygen atoms in total. The van der Waals surface area contributed by atoms with E-state index < -0.39 is 165 Å². The summed E-state index contributed by atoms with van der Waals surface area (Å²) in [6, 6.07) is 6.76. The van der Waals surface area contributed by atoms with Crippen molar-refractivity contribution >= 4 is 58.6 Å². The van der Waals surface area contributed by atoms with Crippen LogP contribution in [0.1, 0.15) is 81.1 Å². The highest BCUT2D eigenvalue weighted by Gasteiger charge is 2.50. The number of nitrogens with zero attached hydrogens (tertiary/aromatic N) is 4. The van der Waals surface area contributed by atoms with Gasteiger partial charge in [-0.25, -0.2) is 0 Å². The molecule has 3 aliphatic heterocycles. The highest BCUT2D eigenvalue weighted by molar-refractivity contribution is 7.17. The number of hydrogen-bond donors (Lipinski definition) is 12. The molecule has 13 atom stereocenters. The quantitative estimate of drug-likeness (QED) is 0.0406. The van der Waals surface area contributed by atoms with E-state index >= 15 is 0 Å². The van der Waals surface area contributed by atoms with E-state index in [-0.39, 0.29) is 17.9 Å². The van der Waals surface area contributed by atoms with Crippen LogP contribution < -0.4 is 46.5 Å². The van der Waals surface area contributed by atoms with E-state index in [2.05, 4.69) is 36.8 Å². The molecule has 3 saturated heterocycles. The second kappa shape index (κ2) is 32.0. The van der Waals surface area contributed by atoms with Gasteiger partial charge in [-0.3, -0.25) is 38.4 Å². The number of unbranched alkanes of at least 4 members (excludes halogenated alkanes) is 4. The number of fused-ring (bicyclic) bond motifs is 2. The van der Waals surface area contributed by atoms with Crippen LogP contribution in [0.15, 0.2) is 66.7 Å². The van der Waals surface area contributed by atoms with Gasteiger partial charge in [-0.05, 0) is 73.9 Å². The van der Waals surface area contributed by atoms with Crippen LogP contribution in [0.3, 0.4) is 0 Å². The Bertz CT molecular complexity index is 3100. The molecule has 0 saturated carbocycles. The number of hydrogen-bond acceptors (Lipinski definition) is 21. The lowest BCUT2D eigenvalue weighted by Crippen LogP contribution is -2.64. The Morgan fingerprint density at radius 1 is 0.697 bits per heavy atom. The van der Waals surface area contributed by atoms with Gasteiger partial charge in [0.05, 0.1) is 63.9 Å². The van der Waals surface area contributed by atoms with Gasteiger partial charge < -0.3 is 91.7 Å². The molecule has 13 unspecified atom stereocenters. The fraction of sp³-hybridized carbons (Fsp3) is 0.533. The summed E-state index contributed by atoms with van der Waals surface area (Å²) in [6.07, 6.45) is -7.72. The molecule has 29 heteroatoms. The molecule has 0 spiro atoms. The molecule has 3 aromatic carbocycles. The summed E-state index contributed by atoms with van der Waals surface area (Å²) in [7, 11) is 4.44. The summed E-state index contributed by atoms with van der Waals surface area (Å²) < 4.78 is 21.7. The van der Waals surface area contributed by atoms with Crippen LogP contribution in [0.4, 0.5) is 0 Å². The molecule has 484 valence electrons. The van der Waals surface area contributed by atoms with Gasteiger partial charge in [0.2, 0.25) is 41.4 Å². The highest BCUT2D eigenvalue weighted by Crippen LogP contribution is 2.33. The minimum Gasteiger partial charge on any atom is -0.494 e. The number of rotatable bonds is 22. The first-order valence-corrected chi connectivity index (χ1v) is 30.2. The molecule has 7 rings (SSSR count). The van der Waals surface area contributed by atoms with Crippen molar-refractivity contribution < 1.29 is 87.9 Å². The normalized spacial score (nSPS) is 25.0. The van der Waals surface area contributed by atoms with Crippen LogP contribution in [-0.4, -0.2) is 225 Å². The Balaban J connectivity index is 1.15.